The number of hydrogen-bond donors (Lipinski definition) is 0. The van der Waals surface area contributed by atoms with Crippen LogP contribution in [0, 0.1) is 5.92 Å². The molecule has 0 radical (unpaired) electrons. The summed E-state index contributed by atoms with van der Waals surface area (Å²) in [6, 6.07) is 4.35. The second kappa shape index (κ2) is 3.90. The van der Waals surface area contributed by atoms with Crippen molar-refractivity contribution in [3.8, 4) is 11.5 Å². The first-order chi connectivity index (χ1) is 11.3. The first kappa shape index (κ1) is 12.4. The van der Waals surface area contributed by atoms with Gasteiger partial charge in [0.15, 0.2) is 11.5 Å². The van der Waals surface area contributed by atoms with Gasteiger partial charge < -0.3 is 14.2 Å². The van der Waals surface area contributed by atoms with Crippen molar-refractivity contribution in [2.24, 2.45) is 5.92 Å². The van der Waals surface area contributed by atoms with Crippen molar-refractivity contribution >= 4 is 6.08 Å². The number of allylic oxidation sites excluding steroid dienone is 2. The van der Waals surface area contributed by atoms with E-state index in [1.54, 1.807) is 0 Å². The minimum absolute atomic E-state index is 0.111. The number of hydrogen-bond acceptors (Lipinski definition) is 3. The van der Waals surface area contributed by atoms with Gasteiger partial charge in [-0.25, -0.2) is 0 Å². The fourth-order valence-electron chi connectivity index (χ4n) is 4.96. The molecule has 2 fully saturated rings. The highest BCUT2D eigenvalue weighted by atomic mass is 16.6. The maximum absolute atomic E-state index is 6.55. The van der Waals surface area contributed by atoms with Crippen molar-refractivity contribution in [1.29, 1.82) is 0 Å². The van der Waals surface area contributed by atoms with Crippen molar-refractivity contribution < 1.29 is 14.2 Å². The van der Waals surface area contributed by atoms with E-state index < -0.39 is 0 Å². The third kappa shape index (κ3) is 1.44. The molecule has 3 aliphatic carbocycles. The summed E-state index contributed by atoms with van der Waals surface area (Å²) in [5, 5.41) is 0. The zero-order chi connectivity index (χ0) is 15.1. The smallest absolute Gasteiger partial charge is 0.161 e. The van der Waals surface area contributed by atoms with Gasteiger partial charge in [-0.1, -0.05) is 36.5 Å². The van der Waals surface area contributed by atoms with Gasteiger partial charge in [-0.05, 0) is 36.1 Å². The fourth-order valence-corrected chi connectivity index (χ4v) is 4.96. The van der Waals surface area contributed by atoms with Gasteiger partial charge in [0, 0.05) is 11.3 Å². The third-order valence-corrected chi connectivity index (χ3v) is 6.13. The summed E-state index contributed by atoms with van der Waals surface area (Å²) in [6.45, 7) is 1.27. The SMILES string of the molecule is C1=CC2CC34CC3(C=Cc3cc5c(cc34)OCCO5)OC2C=C1. The molecule has 1 saturated carbocycles. The van der Waals surface area contributed by atoms with Crippen LogP contribution in [0.4, 0.5) is 0 Å². The van der Waals surface area contributed by atoms with Crippen molar-refractivity contribution in [2.75, 3.05) is 13.2 Å². The number of rotatable bonds is 0. The molecule has 3 nitrogen and oxygen atoms in total. The van der Waals surface area contributed by atoms with Crippen LogP contribution >= 0.6 is 0 Å². The van der Waals surface area contributed by atoms with Crippen molar-refractivity contribution in [2.45, 2.75) is 30.0 Å². The van der Waals surface area contributed by atoms with Crippen LogP contribution in [-0.2, 0) is 10.2 Å². The van der Waals surface area contributed by atoms with E-state index in [2.05, 4.69) is 48.6 Å². The van der Waals surface area contributed by atoms with E-state index in [-0.39, 0.29) is 17.1 Å². The molecular formula is C20H18O3. The second-order valence-electron chi connectivity index (χ2n) is 7.29. The van der Waals surface area contributed by atoms with Gasteiger partial charge in [0.25, 0.3) is 0 Å². The first-order valence-corrected chi connectivity index (χ1v) is 8.46. The molecule has 116 valence electrons. The Morgan fingerprint density at radius 3 is 2.74 bits per heavy atom. The van der Waals surface area contributed by atoms with E-state index in [9.17, 15) is 0 Å². The van der Waals surface area contributed by atoms with Crippen LogP contribution in [0.25, 0.3) is 6.08 Å². The minimum atomic E-state index is -0.111. The van der Waals surface area contributed by atoms with Crippen molar-refractivity contribution in [3.63, 3.8) is 0 Å². The highest BCUT2D eigenvalue weighted by molar-refractivity contribution is 5.71. The predicted molar refractivity (Wildman–Crippen MR) is 86.8 cm³/mol. The number of ether oxygens (including phenoxy) is 3. The van der Waals surface area contributed by atoms with E-state index in [1.807, 2.05) is 0 Å². The molecule has 2 heterocycles. The van der Waals surface area contributed by atoms with E-state index in [0.29, 0.717) is 19.1 Å². The van der Waals surface area contributed by atoms with Crippen LogP contribution in [-0.4, -0.2) is 24.9 Å². The van der Waals surface area contributed by atoms with Crippen LogP contribution in [0.3, 0.4) is 0 Å². The Kier molecular flexibility index (Phi) is 2.11. The molecule has 0 amide bonds. The first-order valence-electron chi connectivity index (χ1n) is 8.46. The molecule has 23 heavy (non-hydrogen) atoms. The summed E-state index contributed by atoms with van der Waals surface area (Å²) in [4.78, 5) is 0. The lowest BCUT2D eigenvalue weighted by Gasteiger charge is -2.41. The molecule has 1 aromatic rings. The summed E-state index contributed by atoms with van der Waals surface area (Å²) in [7, 11) is 0. The zero-order valence-electron chi connectivity index (χ0n) is 12.8. The van der Waals surface area contributed by atoms with E-state index in [4.69, 9.17) is 14.2 Å². The topological polar surface area (TPSA) is 27.7 Å². The van der Waals surface area contributed by atoms with Crippen molar-refractivity contribution in [1.82, 2.24) is 0 Å². The van der Waals surface area contributed by atoms with Crippen LogP contribution in [0.1, 0.15) is 24.0 Å². The molecule has 4 atom stereocenters. The van der Waals surface area contributed by atoms with Gasteiger partial charge in [-0.2, -0.15) is 0 Å². The molecule has 0 spiro atoms. The molecule has 4 unspecified atom stereocenters. The maximum atomic E-state index is 6.55. The summed E-state index contributed by atoms with van der Waals surface area (Å²) >= 11 is 0. The Morgan fingerprint density at radius 1 is 1.00 bits per heavy atom. The molecule has 0 bridgehead atoms. The number of benzene rings is 1. The molecule has 2 aliphatic heterocycles. The summed E-state index contributed by atoms with van der Waals surface area (Å²) < 4.78 is 18.1. The third-order valence-electron chi connectivity index (χ3n) is 6.13. The number of fused-ring (bicyclic) bond motifs is 3. The summed E-state index contributed by atoms with van der Waals surface area (Å²) in [5.74, 6) is 2.24. The largest absolute Gasteiger partial charge is 0.486 e. The molecule has 6 rings (SSSR count). The average molecular weight is 306 g/mol. The highest BCUT2D eigenvalue weighted by Crippen LogP contribution is 2.70. The summed E-state index contributed by atoms with van der Waals surface area (Å²) in [5.41, 5.74) is 2.65. The van der Waals surface area contributed by atoms with Gasteiger partial charge in [-0.3, -0.25) is 0 Å². The maximum Gasteiger partial charge on any atom is 0.161 e. The van der Waals surface area contributed by atoms with Gasteiger partial charge in [0.2, 0.25) is 0 Å². The lowest BCUT2D eigenvalue weighted by molar-refractivity contribution is -0.0457. The van der Waals surface area contributed by atoms with Gasteiger partial charge in [0.1, 0.15) is 13.2 Å². The van der Waals surface area contributed by atoms with Gasteiger partial charge in [-0.15, -0.1) is 0 Å². The lowest BCUT2D eigenvalue weighted by Crippen LogP contribution is -2.42. The molecule has 5 aliphatic rings. The molecule has 0 N–H and O–H groups in total. The Balaban J connectivity index is 1.49. The quantitative estimate of drug-likeness (QED) is 0.735. The molecule has 0 aromatic heterocycles. The lowest BCUT2D eigenvalue weighted by atomic mass is 9.74. The highest BCUT2D eigenvalue weighted by Gasteiger charge is 2.73. The van der Waals surface area contributed by atoms with Gasteiger partial charge >= 0.3 is 0 Å². The van der Waals surface area contributed by atoms with E-state index in [0.717, 1.165) is 24.3 Å². The molecule has 3 heteroatoms. The fraction of sp³-hybridized carbons (Fsp3) is 0.400. The van der Waals surface area contributed by atoms with E-state index >= 15 is 0 Å². The van der Waals surface area contributed by atoms with Crippen LogP contribution < -0.4 is 9.47 Å². The van der Waals surface area contributed by atoms with Crippen LogP contribution in [0.5, 0.6) is 11.5 Å². The van der Waals surface area contributed by atoms with E-state index in [1.165, 1.54) is 11.1 Å². The Bertz CT molecular complexity index is 805. The molecule has 1 aromatic carbocycles. The average Bonchev–Trinajstić information content (AvgIpc) is 3.27. The predicted octanol–water partition coefficient (Wildman–Crippen LogP) is 3.40. The molecular weight excluding hydrogens is 288 g/mol. The van der Waals surface area contributed by atoms with Gasteiger partial charge in [0.05, 0.1) is 11.7 Å². The standard InChI is InChI=1S/C20H18O3/c1-2-4-16-14(3-1)11-19-12-20(19,23-16)6-5-13-9-17-18(10-15(13)19)22-8-7-21-17/h1-6,9-10,14,16H,7-8,11-12H2. The van der Waals surface area contributed by atoms with Crippen LogP contribution in [0.2, 0.25) is 0 Å². The minimum Gasteiger partial charge on any atom is -0.486 e. The molecule has 1 saturated heterocycles. The van der Waals surface area contributed by atoms with Crippen molar-refractivity contribution in [3.05, 3.63) is 53.6 Å². The summed E-state index contributed by atoms with van der Waals surface area (Å²) in [6.07, 6.45) is 15.7. The second-order valence-corrected chi connectivity index (χ2v) is 7.29. The zero-order valence-corrected chi connectivity index (χ0v) is 12.8. The Hall–Kier alpha value is -2.00. The monoisotopic (exact) mass is 306 g/mol. The van der Waals surface area contributed by atoms with Crippen LogP contribution in [0.15, 0.2) is 42.5 Å². The Labute approximate surface area is 135 Å². The normalized spacial score (nSPS) is 40.7. The Morgan fingerprint density at radius 2 is 1.83 bits per heavy atom.